The van der Waals surface area contributed by atoms with Crippen LogP contribution in [-0.2, 0) is 21.8 Å². The van der Waals surface area contributed by atoms with Gasteiger partial charge in [0.25, 0.3) is 0 Å². The zero-order chi connectivity index (χ0) is 21.9. The Hall–Kier alpha value is -2.27. The number of rotatable bonds is 11. The summed E-state index contributed by atoms with van der Waals surface area (Å²) in [5.41, 5.74) is 3.60. The lowest BCUT2D eigenvalue weighted by Crippen LogP contribution is -2.50. The topological polar surface area (TPSA) is 49.4 Å². The molecule has 0 aliphatic carbocycles. The molecule has 0 saturated heterocycles. The summed E-state index contributed by atoms with van der Waals surface area (Å²) in [5.74, 6) is 1.44. The number of aryl methyl sites for hydroxylation is 1. The molecule has 1 atom stereocenters. The van der Waals surface area contributed by atoms with Gasteiger partial charge >= 0.3 is 0 Å². The Bertz CT molecular complexity index is 791. The summed E-state index contributed by atoms with van der Waals surface area (Å²) in [4.78, 5) is 27.4. The van der Waals surface area contributed by atoms with E-state index in [2.05, 4.69) is 62.5 Å². The molecule has 2 amide bonds. The lowest BCUT2D eigenvalue weighted by Gasteiger charge is -2.29. The molecular weight excluding hydrogens is 392 g/mol. The van der Waals surface area contributed by atoms with Gasteiger partial charge < -0.3 is 10.2 Å². The van der Waals surface area contributed by atoms with Gasteiger partial charge in [0.05, 0.1) is 5.75 Å². The molecule has 0 aliphatic rings. The minimum Gasteiger partial charge on any atom is -0.354 e. The highest BCUT2D eigenvalue weighted by Gasteiger charge is 2.25. The van der Waals surface area contributed by atoms with E-state index in [0.29, 0.717) is 24.8 Å². The minimum absolute atomic E-state index is 0.00948. The average molecular weight is 427 g/mol. The molecule has 2 aromatic carbocycles. The summed E-state index contributed by atoms with van der Waals surface area (Å²) in [6, 6.07) is 18.0. The highest BCUT2D eigenvalue weighted by Crippen LogP contribution is 2.15. The number of benzene rings is 2. The summed E-state index contributed by atoms with van der Waals surface area (Å²) in [7, 11) is 0. The maximum atomic E-state index is 13.0. The predicted octanol–water partition coefficient (Wildman–Crippen LogP) is 4.46. The van der Waals surface area contributed by atoms with Crippen LogP contribution < -0.4 is 5.32 Å². The van der Waals surface area contributed by atoms with Crippen molar-refractivity contribution in [2.75, 3.05) is 18.8 Å². The minimum atomic E-state index is -0.486. The molecule has 1 N–H and O–H groups in total. The summed E-state index contributed by atoms with van der Waals surface area (Å²) in [6.45, 7) is 9.16. The molecule has 0 bridgehead atoms. The second-order valence-electron chi connectivity index (χ2n) is 8.12. The fourth-order valence-electron chi connectivity index (χ4n) is 3.05. The molecule has 0 aliphatic heterocycles. The van der Waals surface area contributed by atoms with Gasteiger partial charge in [-0.25, -0.2) is 0 Å². The molecule has 2 aromatic rings. The number of hydrogen-bond acceptors (Lipinski definition) is 3. The van der Waals surface area contributed by atoms with Crippen molar-refractivity contribution < 1.29 is 9.59 Å². The maximum absolute atomic E-state index is 13.0. The van der Waals surface area contributed by atoms with E-state index in [1.807, 2.05) is 25.1 Å². The summed E-state index contributed by atoms with van der Waals surface area (Å²) < 4.78 is 0. The van der Waals surface area contributed by atoms with Crippen LogP contribution in [0.4, 0.5) is 0 Å². The molecule has 30 heavy (non-hydrogen) atoms. The van der Waals surface area contributed by atoms with Gasteiger partial charge in [-0.3, -0.25) is 9.59 Å². The molecule has 2 rings (SSSR count). The van der Waals surface area contributed by atoms with Crippen molar-refractivity contribution in [3.63, 3.8) is 0 Å². The third-order valence-corrected chi connectivity index (χ3v) is 5.94. The van der Waals surface area contributed by atoms with E-state index in [1.54, 1.807) is 16.7 Å². The smallest absolute Gasteiger partial charge is 0.242 e. The Morgan fingerprint density at radius 2 is 1.63 bits per heavy atom. The van der Waals surface area contributed by atoms with Crippen molar-refractivity contribution in [2.45, 2.75) is 45.9 Å². The number of thioether (sulfide) groups is 1. The van der Waals surface area contributed by atoms with Crippen molar-refractivity contribution >= 4 is 23.6 Å². The Morgan fingerprint density at radius 3 is 2.27 bits per heavy atom. The third kappa shape index (κ3) is 8.23. The van der Waals surface area contributed by atoms with Gasteiger partial charge in [0.2, 0.25) is 11.8 Å². The first-order valence-electron chi connectivity index (χ1n) is 10.6. The maximum Gasteiger partial charge on any atom is 0.242 e. The van der Waals surface area contributed by atoms with E-state index in [0.717, 1.165) is 17.7 Å². The van der Waals surface area contributed by atoms with Crippen LogP contribution in [0.5, 0.6) is 0 Å². The molecule has 0 unspecified atom stereocenters. The van der Waals surface area contributed by atoms with E-state index in [4.69, 9.17) is 0 Å². The number of carbonyl (C=O) groups is 2. The van der Waals surface area contributed by atoms with Gasteiger partial charge in [0.1, 0.15) is 6.04 Å². The number of nitrogens with one attached hydrogen (secondary N) is 1. The van der Waals surface area contributed by atoms with Crippen LogP contribution in [0.15, 0.2) is 54.6 Å². The van der Waals surface area contributed by atoms with Gasteiger partial charge in [0.15, 0.2) is 0 Å². The Balaban J connectivity index is 1.97. The normalized spacial score (nSPS) is 11.9. The summed E-state index contributed by atoms with van der Waals surface area (Å²) in [5, 5.41) is 2.96. The first kappa shape index (κ1) is 24.0. The number of amides is 2. The van der Waals surface area contributed by atoms with Crippen molar-refractivity contribution in [1.29, 1.82) is 0 Å². The number of hydrogen-bond donors (Lipinski definition) is 1. The molecular formula is C25H34N2O2S. The summed E-state index contributed by atoms with van der Waals surface area (Å²) in [6.07, 6.45) is 0.733. The van der Waals surface area contributed by atoms with E-state index in [9.17, 15) is 9.59 Å². The number of nitrogens with zero attached hydrogens (tertiary/aromatic N) is 1. The molecule has 0 radical (unpaired) electrons. The second kappa shape index (κ2) is 12.4. The molecule has 5 heteroatoms. The third-order valence-electron chi connectivity index (χ3n) is 4.95. The number of carbonyl (C=O) groups excluding carboxylic acids is 2. The largest absolute Gasteiger partial charge is 0.354 e. The van der Waals surface area contributed by atoms with E-state index < -0.39 is 6.04 Å². The Morgan fingerprint density at radius 1 is 0.967 bits per heavy atom. The van der Waals surface area contributed by atoms with Crippen LogP contribution in [0.25, 0.3) is 0 Å². The van der Waals surface area contributed by atoms with E-state index in [-0.39, 0.29) is 11.8 Å². The lowest BCUT2D eigenvalue weighted by atomic mass is 10.1. The monoisotopic (exact) mass is 426 g/mol. The van der Waals surface area contributed by atoms with E-state index in [1.165, 1.54) is 11.1 Å². The quantitative estimate of drug-likeness (QED) is 0.577. The van der Waals surface area contributed by atoms with Crippen molar-refractivity contribution in [1.82, 2.24) is 10.2 Å². The lowest BCUT2D eigenvalue weighted by molar-refractivity contribution is -0.138. The zero-order valence-electron chi connectivity index (χ0n) is 18.6. The molecule has 0 spiro atoms. The van der Waals surface area contributed by atoms with Gasteiger partial charge in [0, 0.05) is 18.8 Å². The molecule has 0 fully saturated rings. The second-order valence-corrected chi connectivity index (χ2v) is 9.10. The van der Waals surface area contributed by atoms with Crippen molar-refractivity contribution in [3.05, 3.63) is 71.3 Å². The van der Waals surface area contributed by atoms with Crippen LogP contribution >= 0.6 is 11.8 Å². The van der Waals surface area contributed by atoms with Crippen LogP contribution in [0.1, 0.15) is 37.5 Å². The fourth-order valence-corrected chi connectivity index (χ4v) is 3.92. The van der Waals surface area contributed by atoms with Crippen molar-refractivity contribution in [3.8, 4) is 0 Å². The van der Waals surface area contributed by atoms with E-state index >= 15 is 0 Å². The Labute approximate surface area is 185 Å². The average Bonchev–Trinajstić information content (AvgIpc) is 2.74. The Kier molecular flexibility index (Phi) is 9.95. The van der Waals surface area contributed by atoms with Crippen LogP contribution in [-0.4, -0.2) is 41.6 Å². The zero-order valence-corrected chi connectivity index (χ0v) is 19.4. The highest BCUT2D eigenvalue weighted by molar-refractivity contribution is 7.99. The molecule has 0 heterocycles. The van der Waals surface area contributed by atoms with Crippen molar-refractivity contribution in [2.24, 2.45) is 5.92 Å². The summed E-state index contributed by atoms with van der Waals surface area (Å²) >= 11 is 1.59. The predicted molar refractivity (Wildman–Crippen MR) is 127 cm³/mol. The van der Waals surface area contributed by atoms with Crippen LogP contribution in [0.2, 0.25) is 0 Å². The SMILES string of the molecule is Cc1ccc(CSCC(=O)N(CCc2ccccc2)[C@@H](C)C(=O)NCC(C)C)cc1. The van der Waals surface area contributed by atoms with Gasteiger partial charge in [-0.1, -0.05) is 74.0 Å². The van der Waals surface area contributed by atoms with Gasteiger partial charge in [-0.05, 0) is 37.3 Å². The van der Waals surface area contributed by atoms with Gasteiger partial charge in [-0.15, -0.1) is 11.8 Å². The van der Waals surface area contributed by atoms with Crippen LogP contribution in [0, 0.1) is 12.8 Å². The van der Waals surface area contributed by atoms with Crippen LogP contribution in [0.3, 0.4) is 0 Å². The molecule has 0 saturated carbocycles. The standard InChI is InChI=1S/C25H34N2O2S/c1-19(2)16-26-25(29)21(4)27(15-14-22-8-6-5-7-9-22)24(28)18-30-17-23-12-10-20(3)11-13-23/h5-13,19,21H,14-18H2,1-4H3,(H,26,29)/t21-/m0/s1. The van der Waals surface area contributed by atoms with Gasteiger partial charge in [-0.2, -0.15) is 0 Å². The first-order chi connectivity index (χ1) is 14.4. The fraction of sp³-hybridized carbons (Fsp3) is 0.440. The highest BCUT2D eigenvalue weighted by atomic mass is 32.2. The molecule has 4 nitrogen and oxygen atoms in total. The first-order valence-corrected chi connectivity index (χ1v) is 11.8. The molecule has 162 valence electrons. The molecule has 0 aromatic heterocycles.